The van der Waals surface area contributed by atoms with Gasteiger partial charge in [0.25, 0.3) is 0 Å². The molecule has 0 aliphatic heterocycles. The summed E-state index contributed by atoms with van der Waals surface area (Å²) >= 11 is 0. The van der Waals surface area contributed by atoms with E-state index in [2.05, 4.69) is 30.8 Å². The normalized spacial score (nSPS) is 11.2. The number of carbonyl (C=O) groups excluding carboxylic acids is 2. The molecule has 1 amide bonds. The van der Waals surface area contributed by atoms with Crippen LogP contribution in [-0.4, -0.2) is 49.1 Å². The third-order valence-electron chi connectivity index (χ3n) is 2.39. The van der Waals surface area contributed by atoms with Crippen molar-refractivity contribution in [1.29, 1.82) is 0 Å². The topological polar surface area (TPSA) is 58.6 Å². The molecule has 0 unspecified atom stereocenters. The van der Waals surface area contributed by atoms with Crippen molar-refractivity contribution >= 4 is 11.9 Å². The van der Waals surface area contributed by atoms with E-state index in [-0.39, 0.29) is 24.0 Å². The Morgan fingerprint density at radius 2 is 1.89 bits per heavy atom. The minimum absolute atomic E-state index is 0.00177. The standard InChI is InChI=1S/C13H26N2O3/c1-6-9-15(10-12(17)18-5)11(16)7-8-14-13(2,3)4/h14H,6-10H2,1-5H3. The summed E-state index contributed by atoms with van der Waals surface area (Å²) in [4.78, 5) is 24.7. The molecule has 1 N–H and O–H groups in total. The molecule has 0 radical (unpaired) electrons. The van der Waals surface area contributed by atoms with Crippen molar-refractivity contribution in [3.63, 3.8) is 0 Å². The largest absolute Gasteiger partial charge is 0.468 e. The van der Waals surface area contributed by atoms with Crippen LogP contribution in [0, 0.1) is 0 Å². The van der Waals surface area contributed by atoms with Crippen molar-refractivity contribution in [2.45, 2.75) is 46.1 Å². The van der Waals surface area contributed by atoms with Crippen LogP contribution in [-0.2, 0) is 14.3 Å². The quantitative estimate of drug-likeness (QED) is 0.697. The van der Waals surface area contributed by atoms with Gasteiger partial charge in [-0.1, -0.05) is 6.92 Å². The number of carbonyl (C=O) groups is 2. The Bertz CT molecular complexity index is 272. The second-order valence-corrected chi connectivity index (χ2v) is 5.32. The second-order valence-electron chi connectivity index (χ2n) is 5.32. The number of hydrogen-bond acceptors (Lipinski definition) is 4. The Morgan fingerprint density at radius 1 is 1.28 bits per heavy atom. The van der Waals surface area contributed by atoms with Crippen LogP contribution in [0.25, 0.3) is 0 Å². The molecule has 0 fully saturated rings. The molecule has 0 spiro atoms. The molecule has 5 nitrogen and oxygen atoms in total. The molecule has 0 aliphatic carbocycles. The first kappa shape index (κ1) is 16.9. The predicted octanol–water partition coefficient (Wildman–Crippen LogP) is 1.18. The van der Waals surface area contributed by atoms with E-state index in [4.69, 9.17) is 0 Å². The summed E-state index contributed by atoms with van der Waals surface area (Å²) in [7, 11) is 1.33. The van der Waals surface area contributed by atoms with Crippen molar-refractivity contribution in [3.8, 4) is 0 Å². The first-order chi connectivity index (χ1) is 8.30. The highest BCUT2D eigenvalue weighted by Crippen LogP contribution is 2.01. The maximum atomic E-state index is 11.9. The Kier molecular flexibility index (Phi) is 7.59. The molecule has 0 aliphatic rings. The van der Waals surface area contributed by atoms with Crippen molar-refractivity contribution in [3.05, 3.63) is 0 Å². The van der Waals surface area contributed by atoms with Crippen molar-refractivity contribution in [2.75, 3.05) is 26.7 Å². The van der Waals surface area contributed by atoms with E-state index in [9.17, 15) is 9.59 Å². The molecule has 5 heteroatoms. The summed E-state index contributed by atoms with van der Waals surface area (Å²) in [6.45, 7) is 9.37. The third kappa shape index (κ3) is 8.06. The molecule has 0 saturated carbocycles. The molecular formula is C13H26N2O3. The SMILES string of the molecule is CCCN(CC(=O)OC)C(=O)CCNC(C)(C)C. The highest BCUT2D eigenvalue weighted by atomic mass is 16.5. The van der Waals surface area contributed by atoms with Crippen molar-refractivity contribution in [1.82, 2.24) is 10.2 Å². The molecule has 18 heavy (non-hydrogen) atoms. The van der Waals surface area contributed by atoms with E-state index < -0.39 is 0 Å². The van der Waals surface area contributed by atoms with Crippen LogP contribution < -0.4 is 5.32 Å². The Balaban J connectivity index is 4.18. The van der Waals surface area contributed by atoms with Gasteiger partial charge < -0.3 is 15.0 Å². The zero-order valence-corrected chi connectivity index (χ0v) is 12.2. The van der Waals surface area contributed by atoms with Crippen LogP contribution in [0.5, 0.6) is 0 Å². The van der Waals surface area contributed by atoms with Gasteiger partial charge in [0, 0.05) is 25.0 Å². The average molecular weight is 258 g/mol. The summed E-state index contributed by atoms with van der Waals surface area (Å²) in [5.74, 6) is -0.389. The lowest BCUT2D eigenvalue weighted by Crippen LogP contribution is -2.41. The zero-order valence-electron chi connectivity index (χ0n) is 12.2. The van der Waals surface area contributed by atoms with Crippen LogP contribution in [0.1, 0.15) is 40.5 Å². The average Bonchev–Trinajstić information content (AvgIpc) is 2.26. The van der Waals surface area contributed by atoms with Gasteiger partial charge in [-0.05, 0) is 27.2 Å². The van der Waals surface area contributed by atoms with Gasteiger partial charge in [-0.15, -0.1) is 0 Å². The maximum absolute atomic E-state index is 11.9. The fourth-order valence-electron chi connectivity index (χ4n) is 1.48. The van der Waals surface area contributed by atoms with Crippen LogP contribution in [0.4, 0.5) is 0 Å². The minimum Gasteiger partial charge on any atom is -0.468 e. The van der Waals surface area contributed by atoms with Crippen LogP contribution in [0.2, 0.25) is 0 Å². The molecule has 0 aromatic rings. The van der Waals surface area contributed by atoms with Gasteiger partial charge in [0.15, 0.2) is 0 Å². The lowest BCUT2D eigenvalue weighted by atomic mass is 10.1. The number of amides is 1. The van der Waals surface area contributed by atoms with Gasteiger partial charge in [-0.3, -0.25) is 9.59 Å². The first-order valence-electron chi connectivity index (χ1n) is 6.39. The molecule has 0 aromatic heterocycles. The number of hydrogen-bond donors (Lipinski definition) is 1. The molecule has 0 aromatic carbocycles. The van der Waals surface area contributed by atoms with E-state index in [0.717, 1.165) is 6.42 Å². The summed E-state index contributed by atoms with van der Waals surface area (Å²) in [5.41, 5.74) is -0.00177. The van der Waals surface area contributed by atoms with Crippen LogP contribution >= 0.6 is 0 Å². The minimum atomic E-state index is -0.374. The molecule has 0 bridgehead atoms. The van der Waals surface area contributed by atoms with Crippen molar-refractivity contribution in [2.24, 2.45) is 0 Å². The van der Waals surface area contributed by atoms with E-state index in [1.54, 1.807) is 4.90 Å². The lowest BCUT2D eigenvalue weighted by molar-refractivity contribution is -0.147. The number of esters is 1. The van der Waals surface area contributed by atoms with Crippen LogP contribution in [0.15, 0.2) is 0 Å². The molecule has 0 atom stereocenters. The molecule has 0 saturated heterocycles. The molecule has 0 rings (SSSR count). The fourth-order valence-corrected chi connectivity index (χ4v) is 1.48. The number of rotatable bonds is 7. The van der Waals surface area contributed by atoms with E-state index >= 15 is 0 Å². The fraction of sp³-hybridized carbons (Fsp3) is 0.846. The van der Waals surface area contributed by atoms with Gasteiger partial charge in [0.05, 0.1) is 7.11 Å². The monoisotopic (exact) mass is 258 g/mol. The van der Waals surface area contributed by atoms with Gasteiger partial charge in [0.2, 0.25) is 5.91 Å². The van der Waals surface area contributed by atoms with Gasteiger partial charge in [0.1, 0.15) is 6.54 Å². The predicted molar refractivity (Wildman–Crippen MR) is 71.3 cm³/mol. The number of ether oxygens (including phenoxy) is 1. The smallest absolute Gasteiger partial charge is 0.325 e. The van der Waals surface area contributed by atoms with E-state index in [1.165, 1.54) is 7.11 Å². The summed E-state index contributed by atoms with van der Waals surface area (Å²) in [6.07, 6.45) is 1.23. The highest BCUT2D eigenvalue weighted by molar-refractivity contribution is 5.82. The zero-order chi connectivity index (χ0) is 14.2. The number of methoxy groups -OCH3 is 1. The van der Waals surface area contributed by atoms with Crippen LogP contribution in [0.3, 0.4) is 0 Å². The third-order valence-corrected chi connectivity index (χ3v) is 2.39. The summed E-state index contributed by atoms with van der Waals surface area (Å²) in [6, 6.07) is 0. The molecular weight excluding hydrogens is 232 g/mol. The maximum Gasteiger partial charge on any atom is 0.325 e. The molecule has 106 valence electrons. The lowest BCUT2D eigenvalue weighted by Gasteiger charge is -2.23. The van der Waals surface area contributed by atoms with Gasteiger partial charge in [-0.25, -0.2) is 0 Å². The van der Waals surface area contributed by atoms with E-state index in [0.29, 0.717) is 19.5 Å². The first-order valence-corrected chi connectivity index (χ1v) is 6.39. The Morgan fingerprint density at radius 3 is 2.33 bits per heavy atom. The highest BCUT2D eigenvalue weighted by Gasteiger charge is 2.17. The van der Waals surface area contributed by atoms with E-state index in [1.807, 2.05) is 6.92 Å². The number of nitrogens with zero attached hydrogens (tertiary/aromatic N) is 1. The molecule has 0 heterocycles. The number of nitrogens with one attached hydrogen (secondary N) is 1. The Labute approximate surface area is 110 Å². The Hall–Kier alpha value is -1.10. The second kappa shape index (κ2) is 8.08. The van der Waals surface area contributed by atoms with Crippen molar-refractivity contribution < 1.29 is 14.3 Å². The van der Waals surface area contributed by atoms with Gasteiger partial charge >= 0.3 is 5.97 Å². The summed E-state index contributed by atoms with van der Waals surface area (Å²) < 4.78 is 4.59. The van der Waals surface area contributed by atoms with Gasteiger partial charge in [-0.2, -0.15) is 0 Å². The summed E-state index contributed by atoms with van der Waals surface area (Å²) in [5, 5.41) is 3.25.